The van der Waals surface area contributed by atoms with Crippen LogP contribution in [-0.2, 0) is 16.1 Å². The Bertz CT molecular complexity index is 744. The number of hydrogen-bond acceptors (Lipinski definition) is 3. The summed E-state index contributed by atoms with van der Waals surface area (Å²) in [5.74, 6) is -1.00. The number of amides is 4. The molecule has 146 valence electrons. The molecule has 1 saturated heterocycles. The fourth-order valence-electron chi connectivity index (χ4n) is 3.78. The van der Waals surface area contributed by atoms with Gasteiger partial charge in [0.25, 0.3) is 5.91 Å². The second-order valence-corrected chi connectivity index (χ2v) is 7.64. The first-order valence-electron chi connectivity index (χ1n) is 9.15. The van der Waals surface area contributed by atoms with E-state index < -0.39 is 17.4 Å². The molecule has 6 nitrogen and oxygen atoms in total. The van der Waals surface area contributed by atoms with Gasteiger partial charge in [0.2, 0.25) is 5.91 Å². The van der Waals surface area contributed by atoms with Crippen molar-refractivity contribution in [3.05, 3.63) is 34.6 Å². The number of carbonyl (C=O) groups is 3. The van der Waals surface area contributed by atoms with Crippen molar-refractivity contribution in [2.45, 2.75) is 50.6 Å². The van der Waals surface area contributed by atoms with Gasteiger partial charge in [-0.15, -0.1) is 0 Å². The van der Waals surface area contributed by atoms with Crippen molar-refractivity contribution < 1.29 is 18.8 Å². The molecule has 1 aromatic rings. The first kappa shape index (κ1) is 19.6. The van der Waals surface area contributed by atoms with Crippen LogP contribution in [0.3, 0.4) is 0 Å². The van der Waals surface area contributed by atoms with Gasteiger partial charge in [-0.2, -0.15) is 0 Å². The van der Waals surface area contributed by atoms with Gasteiger partial charge >= 0.3 is 6.03 Å². The molecule has 0 radical (unpaired) electrons. The molecule has 0 bridgehead atoms. The van der Waals surface area contributed by atoms with Crippen molar-refractivity contribution in [3.8, 4) is 0 Å². The molecule has 1 aliphatic carbocycles. The van der Waals surface area contributed by atoms with Gasteiger partial charge < -0.3 is 10.2 Å². The van der Waals surface area contributed by atoms with Crippen LogP contribution >= 0.6 is 11.6 Å². The highest BCUT2D eigenvalue weighted by Crippen LogP contribution is 2.33. The number of halogens is 2. The Morgan fingerprint density at radius 1 is 1.30 bits per heavy atom. The van der Waals surface area contributed by atoms with Crippen LogP contribution in [0.25, 0.3) is 0 Å². The number of carbonyl (C=O) groups excluding carboxylic acids is 3. The van der Waals surface area contributed by atoms with Crippen molar-refractivity contribution in [1.82, 2.24) is 15.1 Å². The zero-order valence-corrected chi connectivity index (χ0v) is 16.0. The minimum Gasteiger partial charge on any atom is -0.341 e. The second kappa shape index (κ2) is 7.84. The monoisotopic (exact) mass is 395 g/mol. The Balaban J connectivity index is 1.58. The lowest BCUT2D eigenvalue weighted by molar-refractivity contribution is -0.134. The van der Waals surface area contributed by atoms with Gasteiger partial charge in [-0.25, -0.2) is 9.18 Å². The summed E-state index contributed by atoms with van der Waals surface area (Å²) in [6, 6.07) is 3.92. The molecule has 0 unspecified atom stereocenters. The Morgan fingerprint density at radius 3 is 2.67 bits per heavy atom. The summed E-state index contributed by atoms with van der Waals surface area (Å²) >= 11 is 6.00. The van der Waals surface area contributed by atoms with Crippen molar-refractivity contribution in [2.24, 2.45) is 0 Å². The highest BCUT2D eigenvalue weighted by Gasteiger charge is 2.51. The van der Waals surface area contributed by atoms with Crippen molar-refractivity contribution in [2.75, 3.05) is 13.6 Å². The van der Waals surface area contributed by atoms with Gasteiger partial charge in [-0.1, -0.05) is 36.9 Å². The van der Waals surface area contributed by atoms with Gasteiger partial charge in [-0.3, -0.25) is 14.5 Å². The van der Waals surface area contributed by atoms with Crippen molar-refractivity contribution >= 4 is 29.4 Å². The molecule has 2 fully saturated rings. The number of imide groups is 1. The van der Waals surface area contributed by atoms with E-state index in [-0.39, 0.29) is 41.9 Å². The highest BCUT2D eigenvalue weighted by atomic mass is 35.5. The van der Waals surface area contributed by atoms with E-state index in [4.69, 9.17) is 11.6 Å². The average Bonchev–Trinajstić information content (AvgIpc) is 2.86. The van der Waals surface area contributed by atoms with Crippen LogP contribution in [0.2, 0.25) is 5.02 Å². The SMILES string of the molecule is CN(Cc1c(F)cccc1Cl)C(=O)CCN1C(=O)NC2(CCCCC2)C1=O. The van der Waals surface area contributed by atoms with Crippen molar-refractivity contribution in [1.29, 1.82) is 0 Å². The standard InChI is InChI=1S/C19H23ClFN3O3/c1-23(12-13-14(20)6-5-7-15(13)21)16(25)8-11-24-17(26)19(22-18(24)27)9-3-2-4-10-19/h5-7H,2-4,8-12H2,1H3,(H,22,27). The molecule has 0 atom stereocenters. The van der Waals surface area contributed by atoms with E-state index in [1.165, 1.54) is 17.0 Å². The maximum absolute atomic E-state index is 13.9. The smallest absolute Gasteiger partial charge is 0.325 e. The van der Waals surface area contributed by atoms with Crippen LogP contribution in [-0.4, -0.2) is 46.8 Å². The third kappa shape index (κ3) is 3.93. The number of nitrogens with zero attached hydrogens (tertiary/aromatic N) is 2. The third-order valence-corrected chi connectivity index (χ3v) is 5.74. The molecule has 3 rings (SSSR count). The Hall–Kier alpha value is -2.15. The van der Waals surface area contributed by atoms with Gasteiger partial charge in [-0.05, 0) is 25.0 Å². The Kier molecular flexibility index (Phi) is 5.69. The summed E-state index contributed by atoms with van der Waals surface area (Å²) in [6.07, 6.45) is 4.15. The Morgan fingerprint density at radius 2 is 2.00 bits per heavy atom. The molecule has 1 aliphatic heterocycles. The molecular formula is C19H23ClFN3O3. The molecule has 1 heterocycles. The second-order valence-electron chi connectivity index (χ2n) is 7.23. The number of rotatable bonds is 5. The van der Waals surface area contributed by atoms with E-state index >= 15 is 0 Å². The van der Waals surface area contributed by atoms with E-state index in [0.717, 1.165) is 24.2 Å². The minimum atomic E-state index is -0.787. The first-order chi connectivity index (χ1) is 12.8. The zero-order chi connectivity index (χ0) is 19.6. The molecule has 1 aromatic carbocycles. The van der Waals surface area contributed by atoms with E-state index in [0.29, 0.717) is 12.8 Å². The predicted molar refractivity (Wildman–Crippen MR) is 98.6 cm³/mol. The summed E-state index contributed by atoms with van der Waals surface area (Å²) in [6.45, 7) is 0.0367. The molecule has 2 aliphatic rings. The summed E-state index contributed by atoms with van der Waals surface area (Å²) in [4.78, 5) is 39.8. The topological polar surface area (TPSA) is 69.7 Å². The van der Waals surface area contributed by atoms with E-state index in [1.807, 2.05) is 0 Å². The summed E-state index contributed by atoms with van der Waals surface area (Å²) in [7, 11) is 1.54. The third-order valence-electron chi connectivity index (χ3n) is 5.39. The fourth-order valence-corrected chi connectivity index (χ4v) is 4.00. The summed E-state index contributed by atoms with van der Waals surface area (Å²) in [5.41, 5.74) is -0.545. The number of nitrogens with one attached hydrogen (secondary N) is 1. The maximum Gasteiger partial charge on any atom is 0.325 e. The quantitative estimate of drug-likeness (QED) is 0.779. The molecule has 27 heavy (non-hydrogen) atoms. The highest BCUT2D eigenvalue weighted by molar-refractivity contribution is 6.31. The fraction of sp³-hybridized carbons (Fsp3) is 0.526. The van der Waals surface area contributed by atoms with Crippen LogP contribution in [0.15, 0.2) is 18.2 Å². The zero-order valence-electron chi connectivity index (χ0n) is 15.3. The molecule has 4 amide bonds. The van der Waals surface area contributed by atoms with E-state index in [2.05, 4.69) is 5.32 Å². The Labute approximate surface area is 162 Å². The number of benzene rings is 1. The largest absolute Gasteiger partial charge is 0.341 e. The summed E-state index contributed by atoms with van der Waals surface area (Å²) in [5, 5.41) is 3.08. The van der Waals surface area contributed by atoms with Crippen LogP contribution in [0.5, 0.6) is 0 Å². The number of hydrogen-bond donors (Lipinski definition) is 1. The number of urea groups is 1. The molecule has 1 spiro atoms. The molecular weight excluding hydrogens is 373 g/mol. The van der Waals surface area contributed by atoms with Gasteiger partial charge in [0.05, 0.1) is 0 Å². The van der Waals surface area contributed by atoms with E-state index in [1.54, 1.807) is 13.1 Å². The van der Waals surface area contributed by atoms with Crippen LogP contribution in [0.1, 0.15) is 44.1 Å². The maximum atomic E-state index is 13.9. The molecule has 1 N–H and O–H groups in total. The predicted octanol–water partition coefficient (Wildman–Crippen LogP) is 3.08. The molecule has 8 heteroatoms. The average molecular weight is 396 g/mol. The minimum absolute atomic E-state index is 0.0145. The van der Waals surface area contributed by atoms with Gasteiger partial charge in [0.15, 0.2) is 0 Å². The van der Waals surface area contributed by atoms with Crippen LogP contribution in [0.4, 0.5) is 9.18 Å². The van der Waals surface area contributed by atoms with Crippen LogP contribution < -0.4 is 5.32 Å². The normalized spacial score (nSPS) is 18.7. The van der Waals surface area contributed by atoms with Crippen LogP contribution in [0, 0.1) is 5.82 Å². The van der Waals surface area contributed by atoms with Gasteiger partial charge in [0, 0.05) is 37.1 Å². The lowest BCUT2D eigenvalue weighted by Crippen LogP contribution is -2.48. The summed E-state index contributed by atoms with van der Waals surface area (Å²) < 4.78 is 13.9. The van der Waals surface area contributed by atoms with Gasteiger partial charge in [0.1, 0.15) is 11.4 Å². The van der Waals surface area contributed by atoms with E-state index in [9.17, 15) is 18.8 Å². The lowest BCUT2D eigenvalue weighted by atomic mass is 9.82. The lowest BCUT2D eigenvalue weighted by Gasteiger charge is -2.30. The van der Waals surface area contributed by atoms with Crippen molar-refractivity contribution in [3.63, 3.8) is 0 Å². The molecule has 1 saturated carbocycles. The first-order valence-corrected chi connectivity index (χ1v) is 9.53. The molecule has 0 aromatic heterocycles.